The van der Waals surface area contributed by atoms with Gasteiger partial charge in [-0.05, 0) is 83.7 Å². The fraction of sp³-hybridized carbons (Fsp3) is 0.406. The fourth-order valence-electron chi connectivity index (χ4n) is 4.82. The number of sulfonamides is 1. The molecule has 0 saturated heterocycles. The summed E-state index contributed by atoms with van der Waals surface area (Å²) in [6.07, 6.45) is 1.40. The second-order valence-corrected chi connectivity index (χ2v) is 16.0. The summed E-state index contributed by atoms with van der Waals surface area (Å²) in [7, 11) is -4.88. The number of hydrogen-bond donors (Lipinski definition) is 1. The summed E-state index contributed by atoms with van der Waals surface area (Å²) in [6, 6.07) is 8.48. The highest BCUT2D eigenvalue weighted by atomic mass is 35.5. The van der Waals surface area contributed by atoms with Crippen LogP contribution in [0.2, 0.25) is 10.0 Å². The SMILES string of the molecule is CC(C)(C)OC(=O)N[C@@H]1CCC=C(c2ccc(Cl)cc2)C1COc1cc(F)c(S(=O)(=O)N(C(=O)OC(C)(C)C)c2cscn2)cc1Cl. The van der Waals surface area contributed by atoms with Crippen LogP contribution in [0.15, 0.2) is 58.3 Å². The van der Waals surface area contributed by atoms with Crippen LogP contribution in [0.25, 0.3) is 5.57 Å². The zero-order valence-electron chi connectivity index (χ0n) is 26.7. The summed E-state index contributed by atoms with van der Waals surface area (Å²) in [4.78, 5) is 28.8. The Labute approximate surface area is 287 Å². The zero-order chi connectivity index (χ0) is 34.7. The Morgan fingerprint density at radius 3 is 2.32 bits per heavy atom. The molecule has 1 aromatic heterocycles. The molecule has 1 heterocycles. The Hall–Kier alpha value is -3.39. The van der Waals surface area contributed by atoms with Crippen molar-refractivity contribution in [1.29, 1.82) is 0 Å². The molecule has 1 aliphatic carbocycles. The molecule has 1 aliphatic rings. The van der Waals surface area contributed by atoms with Gasteiger partial charge < -0.3 is 19.5 Å². The quantitative estimate of drug-likeness (QED) is 0.245. The number of thiazole rings is 1. The normalized spacial score (nSPS) is 17.0. The standard InChI is InChI=1S/C32H36Cl2FN3O7S2/c1-31(2,3)44-29(39)37-25-9-7-8-21(19-10-12-20(33)13-11-19)22(25)16-43-26-15-24(35)27(14-23(26)34)47(41,42)38(28-17-46-18-36-28)30(40)45-32(4,5)6/h8,10-15,17-18,22,25H,7,9,16H2,1-6H3,(H,37,39)/t22?,25-/m1/s1. The van der Waals surface area contributed by atoms with Gasteiger partial charge in [0.2, 0.25) is 0 Å². The van der Waals surface area contributed by atoms with Crippen LogP contribution in [0.1, 0.15) is 59.9 Å². The molecule has 10 nitrogen and oxygen atoms in total. The third-order valence-corrected chi connectivity index (χ3v) is 9.52. The van der Waals surface area contributed by atoms with E-state index in [2.05, 4.69) is 10.3 Å². The maximum atomic E-state index is 15.7. The van der Waals surface area contributed by atoms with Crippen LogP contribution in [0.4, 0.5) is 19.8 Å². The Balaban J connectivity index is 1.64. The molecule has 3 aromatic rings. The number of halogens is 3. The smallest absolute Gasteiger partial charge is 0.430 e. The van der Waals surface area contributed by atoms with Crippen LogP contribution in [0.3, 0.4) is 0 Å². The highest BCUT2D eigenvalue weighted by molar-refractivity contribution is 7.93. The van der Waals surface area contributed by atoms with E-state index in [1.807, 2.05) is 18.2 Å². The Morgan fingerprint density at radius 1 is 1.06 bits per heavy atom. The highest BCUT2D eigenvalue weighted by Gasteiger charge is 2.38. The lowest BCUT2D eigenvalue weighted by molar-refractivity contribution is 0.0480. The molecular formula is C32H36Cl2FN3O7S2. The van der Waals surface area contributed by atoms with Crippen molar-refractivity contribution in [2.75, 3.05) is 10.9 Å². The van der Waals surface area contributed by atoms with Crippen LogP contribution < -0.4 is 14.4 Å². The van der Waals surface area contributed by atoms with Crippen molar-refractivity contribution in [3.05, 3.63) is 74.8 Å². The molecule has 0 fully saturated rings. The lowest BCUT2D eigenvalue weighted by Gasteiger charge is -2.34. The number of nitrogens with one attached hydrogen (secondary N) is 1. The van der Waals surface area contributed by atoms with Gasteiger partial charge in [0.15, 0.2) is 5.82 Å². The summed E-state index contributed by atoms with van der Waals surface area (Å²) in [6.45, 7) is 9.91. The van der Waals surface area contributed by atoms with Crippen LogP contribution in [-0.2, 0) is 19.5 Å². The Morgan fingerprint density at radius 2 is 1.72 bits per heavy atom. The topological polar surface area (TPSA) is 124 Å². The zero-order valence-corrected chi connectivity index (χ0v) is 29.8. The summed E-state index contributed by atoms with van der Waals surface area (Å²) < 4.78 is 60.1. The minimum absolute atomic E-state index is 0.0664. The van der Waals surface area contributed by atoms with E-state index in [1.54, 1.807) is 53.7 Å². The van der Waals surface area contributed by atoms with Crippen LogP contribution >= 0.6 is 34.5 Å². The number of nitrogens with zero attached hydrogens (tertiary/aromatic N) is 2. The first kappa shape index (κ1) is 36.4. The van der Waals surface area contributed by atoms with Crippen molar-refractivity contribution < 1.29 is 36.6 Å². The third-order valence-electron chi connectivity index (χ3n) is 6.72. The van der Waals surface area contributed by atoms with Crippen molar-refractivity contribution in [3.63, 3.8) is 0 Å². The number of benzene rings is 2. The van der Waals surface area contributed by atoms with Gasteiger partial charge in [0.1, 0.15) is 27.7 Å². The predicted octanol–water partition coefficient (Wildman–Crippen LogP) is 8.49. The molecule has 1 N–H and O–H groups in total. The molecule has 0 aliphatic heterocycles. The van der Waals surface area contributed by atoms with Crippen LogP contribution in [-0.4, -0.2) is 49.4 Å². The molecule has 0 bridgehead atoms. The van der Waals surface area contributed by atoms with Crippen molar-refractivity contribution in [2.24, 2.45) is 5.92 Å². The van der Waals surface area contributed by atoms with Gasteiger partial charge in [-0.3, -0.25) is 0 Å². The molecule has 254 valence electrons. The number of carbonyl (C=O) groups is 2. The average Bonchev–Trinajstić information content (AvgIpc) is 3.46. The van der Waals surface area contributed by atoms with Crippen molar-refractivity contribution in [3.8, 4) is 5.75 Å². The lowest BCUT2D eigenvalue weighted by atomic mass is 9.80. The molecule has 4 rings (SSSR count). The minimum atomic E-state index is -4.88. The molecule has 2 amide bonds. The first-order valence-electron chi connectivity index (χ1n) is 14.6. The monoisotopic (exact) mass is 727 g/mol. The summed E-state index contributed by atoms with van der Waals surface area (Å²) in [5.41, 5.74) is 1.27. The van der Waals surface area contributed by atoms with Gasteiger partial charge in [-0.2, -0.15) is 0 Å². The lowest BCUT2D eigenvalue weighted by Crippen LogP contribution is -2.46. The van der Waals surface area contributed by atoms with E-state index in [9.17, 15) is 18.0 Å². The second kappa shape index (κ2) is 14.4. The number of aromatic nitrogens is 1. The van der Waals surface area contributed by atoms with Gasteiger partial charge >= 0.3 is 12.2 Å². The number of allylic oxidation sites excluding steroid dienone is 1. The van der Waals surface area contributed by atoms with E-state index in [0.29, 0.717) is 22.2 Å². The van der Waals surface area contributed by atoms with Gasteiger partial charge in [-0.25, -0.2) is 27.4 Å². The van der Waals surface area contributed by atoms with Crippen molar-refractivity contribution >= 4 is 68.1 Å². The van der Waals surface area contributed by atoms with Gasteiger partial charge in [-0.15, -0.1) is 15.6 Å². The number of rotatable bonds is 8. The Bertz CT molecular complexity index is 1740. The molecule has 0 radical (unpaired) electrons. The van der Waals surface area contributed by atoms with E-state index in [-0.39, 0.29) is 23.2 Å². The second-order valence-electron chi connectivity index (χ2n) is 12.7. The van der Waals surface area contributed by atoms with E-state index >= 15 is 4.39 Å². The third kappa shape index (κ3) is 9.37. The molecule has 2 atom stereocenters. The maximum Gasteiger partial charge on any atom is 0.430 e. The average molecular weight is 729 g/mol. The van der Waals surface area contributed by atoms with Crippen LogP contribution in [0.5, 0.6) is 5.75 Å². The molecule has 47 heavy (non-hydrogen) atoms. The van der Waals surface area contributed by atoms with Gasteiger partial charge in [0.05, 0.1) is 17.1 Å². The Kier molecular flexibility index (Phi) is 11.2. The van der Waals surface area contributed by atoms with E-state index in [1.165, 1.54) is 10.9 Å². The summed E-state index contributed by atoms with van der Waals surface area (Å²) >= 11 is 13.6. The molecule has 2 aromatic carbocycles. The van der Waals surface area contributed by atoms with Crippen LogP contribution in [0, 0.1) is 11.7 Å². The summed E-state index contributed by atoms with van der Waals surface area (Å²) in [5, 5.41) is 4.58. The fourth-order valence-corrected chi connectivity index (χ4v) is 7.16. The summed E-state index contributed by atoms with van der Waals surface area (Å²) in [5.74, 6) is -2.05. The number of amides is 2. The number of hydrogen-bond acceptors (Lipinski definition) is 9. The first-order chi connectivity index (χ1) is 21.9. The molecular weight excluding hydrogens is 692 g/mol. The van der Waals surface area contributed by atoms with Gasteiger partial charge in [-0.1, -0.05) is 41.4 Å². The van der Waals surface area contributed by atoms with Gasteiger partial charge in [0, 0.05) is 28.4 Å². The number of ether oxygens (including phenoxy) is 3. The van der Waals surface area contributed by atoms with Gasteiger partial charge in [0.25, 0.3) is 10.0 Å². The number of alkyl carbamates (subject to hydrolysis) is 1. The first-order valence-corrected chi connectivity index (χ1v) is 17.7. The minimum Gasteiger partial charge on any atom is -0.491 e. The van der Waals surface area contributed by atoms with Crippen molar-refractivity contribution in [2.45, 2.75) is 76.5 Å². The molecule has 0 saturated carbocycles. The molecule has 0 spiro atoms. The highest BCUT2D eigenvalue weighted by Crippen LogP contribution is 2.37. The van der Waals surface area contributed by atoms with E-state index in [4.69, 9.17) is 37.4 Å². The number of carbonyl (C=O) groups excluding carboxylic acids is 2. The van der Waals surface area contributed by atoms with E-state index in [0.717, 1.165) is 34.6 Å². The maximum absolute atomic E-state index is 15.7. The number of anilines is 1. The molecule has 1 unspecified atom stereocenters. The predicted molar refractivity (Wildman–Crippen MR) is 180 cm³/mol. The van der Waals surface area contributed by atoms with E-state index < -0.39 is 56.1 Å². The van der Waals surface area contributed by atoms with Crippen molar-refractivity contribution in [1.82, 2.24) is 10.3 Å². The molecule has 15 heteroatoms. The largest absolute Gasteiger partial charge is 0.491 e.